The average molecular weight is 415 g/mol. The summed E-state index contributed by atoms with van der Waals surface area (Å²) in [5, 5.41) is 3.17. The third kappa shape index (κ3) is 4.93. The molecular weight excluding hydrogens is 402 g/mol. The van der Waals surface area contributed by atoms with Crippen LogP contribution in [0.5, 0.6) is 0 Å². The van der Waals surface area contributed by atoms with E-state index in [0.29, 0.717) is 5.56 Å². The van der Waals surface area contributed by atoms with Gasteiger partial charge in [0.2, 0.25) is 15.8 Å². The van der Waals surface area contributed by atoms with Crippen molar-refractivity contribution in [3.05, 3.63) is 71.4 Å². The Bertz CT molecular complexity index is 1070. The van der Waals surface area contributed by atoms with Gasteiger partial charge in [-0.15, -0.1) is 0 Å². The molecule has 0 fully saturated rings. The van der Waals surface area contributed by atoms with Crippen molar-refractivity contribution in [2.24, 2.45) is 0 Å². The highest BCUT2D eigenvalue weighted by atomic mass is 32.2. The Morgan fingerprint density at radius 2 is 1.79 bits per heavy atom. The van der Waals surface area contributed by atoms with Gasteiger partial charge in [0.05, 0.1) is 5.75 Å². The lowest BCUT2D eigenvalue weighted by molar-refractivity contribution is -0.159. The fraction of sp³-hybridized carbons (Fsp3) is 0.176. The summed E-state index contributed by atoms with van der Waals surface area (Å²) in [6, 6.07) is 11.9. The van der Waals surface area contributed by atoms with Crippen molar-refractivity contribution in [3.8, 4) is 11.4 Å². The van der Waals surface area contributed by atoms with E-state index in [2.05, 4.69) is 19.4 Å². The van der Waals surface area contributed by atoms with E-state index >= 15 is 0 Å². The molecule has 1 N–H and O–H groups in total. The summed E-state index contributed by atoms with van der Waals surface area (Å²) in [6.45, 7) is -0.318. The first kappa shape index (κ1) is 20.0. The molecule has 1 aromatic heterocycles. The van der Waals surface area contributed by atoms with Crippen LogP contribution < -0.4 is 4.72 Å². The van der Waals surface area contributed by atoms with Crippen LogP contribution in [-0.2, 0) is 28.5 Å². The predicted molar refractivity (Wildman–Crippen MR) is 90.6 cm³/mol. The molecule has 11 heteroatoms. The summed E-state index contributed by atoms with van der Waals surface area (Å²) in [5.41, 5.74) is 0.552. The molecule has 28 heavy (non-hydrogen) atoms. The molecule has 0 unspecified atom stereocenters. The van der Waals surface area contributed by atoms with Crippen LogP contribution in [-0.4, -0.2) is 18.6 Å². The molecule has 3 aromatic rings. The first-order valence-electron chi connectivity index (χ1n) is 7.85. The second-order valence-electron chi connectivity index (χ2n) is 5.79. The number of rotatable bonds is 6. The van der Waals surface area contributed by atoms with Crippen LogP contribution in [0.2, 0.25) is 0 Å². The van der Waals surface area contributed by atoms with Crippen molar-refractivity contribution in [2.75, 3.05) is 0 Å². The van der Waals surface area contributed by atoms with E-state index in [1.165, 1.54) is 12.1 Å². The summed E-state index contributed by atoms with van der Waals surface area (Å²) >= 11 is 0. The van der Waals surface area contributed by atoms with Crippen LogP contribution in [0.25, 0.3) is 11.4 Å². The Balaban J connectivity index is 1.70. The molecule has 0 bridgehead atoms. The lowest BCUT2D eigenvalue weighted by Gasteiger charge is -2.08. The van der Waals surface area contributed by atoms with Crippen molar-refractivity contribution in [2.45, 2.75) is 18.5 Å². The lowest BCUT2D eigenvalue weighted by atomic mass is 10.1. The van der Waals surface area contributed by atoms with Gasteiger partial charge in [-0.1, -0.05) is 47.6 Å². The van der Waals surface area contributed by atoms with Gasteiger partial charge >= 0.3 is 12.1 Å². The van der Waals surface area contributed by atoms with E-state index in [1.807, 2.05) is 0 Å². The maximum absolute atomic E-state index is 14.2. The highest BCUT2D eigenvalue weighted by Crippen LogP contribution is 2.29. The summed E-state index contributed by atoms with van der Waals surface area (Å²) in [6.07, 6.45) is -4.80. The van der Waals surface area contributed by atoms with Gasteiger partial charge in [0.15, 0.2) is 0 Å². The highest BCUT2D eigenvalue weighted by molar-refractivity contribution is 7.88. The maximum Gasteiger partial charge on any atom is 0.471 e. The molecule has 1 heterocycles. The first-order chi connectivity index (χ1) is 13.1. The third-order valence-corrected chi connectivity index (χ3v) is 4.96. The van der Waals surface area contributed by atoms with Crippen molar-refractivity contribution >= 4 is 10.0 Å². The van der Waals surface area contributed by atoms with E-state index < -0.39 is 33.7 Å². The van der Waals surface area contributed by atoms with Crippen LogP contribution in [0.1, 0.15) is 17.0 Å². The van der Waals surface area contributed by atoms with Gasteiger partial charge < -0.3 is 4.52 Å². The van der Waals surface area contributed by atoms with E-state index in [-0.39, 0.29) is 23.4 Å². The summed E-state index contributed by atoms with van der Waals surface area (Å²) in [4.78, 5) is 3.17. The van der Waals surface area contributed by atoms with Gasteiger partial charge in [-0.2, -0.15) is 18.2 Å². The monoisotopic (exact) mass is 415 g/mol. The van der Waals surface area contributed by atoms with Crippen LogP contribution in [0.3, 0.4) is 0 Å². The minimum Gasteiger partial charge on any atom is -0.329 e. The maximum atomic E-state index is 14.2. The number of hydrogen-bond donors (Lipinski definition) is 1. The molecular formula is C17H13F4N3O3S. The van der Waals surface area contributed by atoms with Gasteiger partial charge in [-0.3, -0.25) is 0 Å². The zero-order chi connectivity index (χ0) is 20.4. The van der Waals surface area contributed by atoms with Gasteiger partial charge in [0.1, 0.15) is 5.82 Å². The molecule has 148 valence electrons. The third-order valence-electron chi connectivity index (χ3n) is 3.66. The largest absolute Gasteiger partial charge is 0.471 e. The molecule has 0 atom stereocenters. The van der Waals surface area contributed by atoms with E-state index in [1.54, 1.807) is 30.3 Å². The summed E-state index contributed by atoms with van der Waals surface area (Å²) in [5.74, 6) is -3.06. The molecule has 2 aromatic carbocycles. The predicted octanol–water partition coefficient (Wildman–Crippen LogP) is 3.51. The number of alkyl halides is 3. The normalized spacial score (nSPS) is 12.3. The van der Waals surface area contributed by atoms with Gasteiger partial charge in [-0.05, 0) is 11.6 Å². The molecule has 0 radical (unpaired) electrons. The number of aromatic nitrogens is 2. The van der Waals surface area contributed by atoms with Gasteiger partial charge in [0.25, 0.3) is 0 Å². The number of halogens is 4. The molecule has 0 spiro atoms. The first-order valence-corrected chi connectivity index (χ1v) is 9.50. The number of nitrogens with one attached hydrogen (secondary N) is 1. The summed E-state index contributed by atoms with van der Waals surface area (Å²) < 4.78 is 82.3. The molecule has 0 saturated heterocycles. The second-order valence-corrected chi connectivity index (χ2v) is 7.60. The molecule has 3 rings (SSSR count). The standard InChI is InChI=1S/C17H13F4N3O3S/c18-14-8-12(15-23-16(27-24-15)17(19,20)21)6-7-13(14)9-22-28(25,26)10-11-4-2-1-3-5-11/h1-8,22H,9-10H2. The van der Waals surface area contributed by atoms with Crippen molar-refractivity contribution in [3.63, 3.8) is 0 Å². The minimum absolute atomic E-state index is 0.0138. The van der Waals surface area contributed by atoms with Gasteiger partial charge in [-0.25, -0.2) is 17.5 Å². The zero-order valence-electron chi connectivity index (χ0n) is 14.1. The Morgan fingerprint density at radius 3 is 2.39 bits per heavy atom. The van der Waals surface area contributed by atoms with E-state index in [9.17, 15) is 26.0 Å². The number of sulfonamides is 1. The van der Waals surface area contributed by atoms with E-state index in [4.69, 9.17) is 0 Å². The Labute approximate surface area is 157 Å². The molecule has 0 amide bonds. The molecule has 0 saturated carbocycles. The second kappa shape index (κ2) is 7.68. The average Bonchev–Trinajstić information content (AvgIpc) is 3.12. The summed E-state index contributed by atoms with van der Waals surface area (Å²) in [7, 11) is -3.71. The number of benzene rings is 2. The highest BCUT2D eigenvalue weighted by Gasteiger charge is 2.38. The topological polar surface area (TPSA) is 85.1 Å². The fourth-order valence-corrected chi connectivity index (χ4v) is 3.43. The van der Waals surface area contributed by atoms with Crippen molar-refractivity contribution in [1.29, 1.82) is 0 Å². The molecule has 0 aliphatic heterocycles. The Morgan fingerprint density at radius 1 is 1.07 bits per heavy atom. The van der Waals surface area contributed by atoms with Crippen molar-refractivity contribution in [1.82, 2.24) is 14.9 Å². The number of nitrogens with zero attached hydrogens (tertiary/aromatic N) is 2. The van der Waals surface area contributed by atoms with Crippen LogP contribution >= 0.6 is 0 Å². The van der Waals surface area contributed by atoms with Crippen molar-refractivity contribution < 1.29 is 30.5 Å². The minimum atomic E-state index is -4.80. The van der Waals surface area contributed by atoms with Gasteiger partial charge in [0, 0.05) is 17.7 Å². The number of hydrogen-bond acceptors (Lipinski definition) is 5. The molecule has 0 aliphatic rings. The van der Waals surface area contributed by atoms with Crippen LogP contribution in [0.15, 0.2) is 53.1 Å². The fourth-order valence-electron chi connectivity index (χ4n) is 2.32. The lowest BCUT2D eigenvalue weighted by Crippen LogP contribution is -2.25. The van der Waals surface area contributed by atoms with Crippen LogP contribution in [0, 0.1) is 5.82 Å². The quantitative estimate of drug-likeness (QED) is 0.623. The van der Waals surface area contributed by atoms with Crippen LogP contribution in [0.4, 0.5) is 17.6 Å². The smallest absolute Gasteiger partial charge is 0.329 e. The zero-order valence-corrected chi connectivity index (χ0v) is 14.9. The Kier molecular flexibility index (Phi) is 5.47. The SMILES string of the molecule is O=S(=O)(Cc1ccccc1)NCc1ccc(-c2noc(C(F)(F)F)n2)cc1F. The van der Waals surface area contributed by atoms with E-state index in [0.717, 1.165) is 6.07 Å². The molecule has 0 aliphatic carbocycles. The molecule has 6 nitrogen and oxygen atoms in total. The Hall–Kier alpha value is -2.79.